The molecule has 3 aromatic rings. The van der Waals surface area contributed by atoms with Crippen LogP contribution in [0.4, 0.5) is 0 Å². The van der Waals surface area contributed by atoms with Crippen LogP contribution in [0.3, 0.4) is 0 Å². The number of nitrogens with two attached hydrogens (primary N) is 1. The minimum absolute atomic E-state index is 0.229. The van der Waals surface area contributed by atoms with Gasteiger partial charge in [-0.15, -0.1) is 0 Å². The van der Waals surface area contributed by atoms with Gasteiger partial charge >= 0.3 is 0 Å². The van der Waals surface area contributed by atoms with E-state index in [0.717, 1.165) is 22.0 Å². The molecule has 94 valence electrons. The normalized spacial score (nSPS) is 12.5. The van der Waals surface area contributed by atoms with E-state index in [-0.39, 0.29) is 11.8 Å². The highest BCUT2D eigenvalue weighted by molar-refractivity contribution is 5.88. The summed E-state index contributed by atoms with van der Waals surface area (Å²) >= 11 is 0. The van der Waals surface area contributed by atoms with E-state index in [9.17, 15) is 5.11 Å². The van der Waals surface area contributed by atoms with Crippen LogP contribution in [-0.2, 0) is 0 Å². The number of fused-ring (bicyclic) bond motifs is 1. The smallest absolute Gasteiger partial charge is 0.124 e. The number of phenolic OH excluding ortho intramolecular Hbond substituents is 1. The molecule has 1 aromatic heterocycles. The molecule has 0 aliphatic rings. The quantitative estimate of drug-likeness (QED) is 0.735. The number of rotatable bonds is 2. The molecular weight excluding hydrogens is 236 g/mol. The van der Waals surface area contributed by atoms with Gasteiger partial charge in [-0.2, -0.15) is 0 Å². The van der Waals surface area contributed by atoms with E-state index in [0.29, 0.717) is 0 Å². The highest BCUT2D eigenvalue weighted by atomic mass is 16.3. The first-order valence-corrected chi connectivity index (χ1v) is 6.14. The molecule has 0 amide bonds. The topological polar surface area (TPSA) is 59.1 Å². The molecule has 2 aromatic carbocycles. The summed E-state index contributed by atoms with van der Waals surface area (Å²) in [5.74, 6) is 0.229. The summed E-state index contributed by atoms with van der Waals surface area (Å²) in [4.78, 5) is 4.35. The highest BCUT2D eigenvalue weighted by Gasteiger charge is 2.14. The number of benzene rings is 2. The molecule has 0 radical (unpaired) electrons. The van der Waals surface area contributed by atoms with Gasteiger partial charge in [0.25, 0.3) is 0 Å². The second-order valence-electron chi connectivity index (χ2n) is 4.46. The van der Waals surface area contributed by atoms with E-state index >= 15 is 0 Å². The molecule has 3 N–H and O–H groups in total. The van der Waals surface area contributed by atoms with Gasteiger partial charge in [0.1, 0.15) is 5.75 Å². The summed E-state index contributed by atoms with van der Waals surface area (Å²) in [6.07, 6.45) is 1.71. The van der Waals surface area contributed by atoms with Crippen LogP contribution >= 0.6 is 0 Å². The fourth-order valence-corrected chi connectivity index (χ4v) is 2.27. The van der Waals surface area contributed by atoms with E-state index in [1.165, 1.54) is 0 Å². The van der Waals surface area contributed by atoms with Crippen LogP contribution in [0.15, 0.2) is 60.8 Å². The number of phenols is 1. The van der Waals surface area contributed by atoms with E-state index in [1.54, 1.807) is 18.3 Å². The van der Waals surface area contributed by atoms with E-state index in [2.05, 4.69) is 4.98 Å². The van der Waals surface area contributed by atoms with Gasteiger partial charge in [0.05, 0.1) is 11.6 Å². The lowest BCUT2D eigenvalue weighted by Gasteiger charge is -2.15. The number of hydrogen-bond donors (Lipinski definition) is 2. The van der Waals surface area contributed by atoms with Crippen molar-refractivity contribution in [3.8, 4) is 5.75 Å². The summed E-state index contributed by atoms with van der Waals surface area (Å²) in [5, 5.41) is 10.6. The number of nitrogens with zero attached hydrogens (tertiary/aromatic N) is 1. The molecule has 0 saturated heterocycles. The first kappa shape index (κ1) is 11.7. The molecule has 0 saturated carbocycles. The molecule has 0 bridgehead atoms. The average molecular weight is 250 g/mol. The predicted octanol–water partition coefficient (Wildman–Crippen LogP) is 2.99. The lowest BCUT2D eigenvalue weighted by Crippen LogP contribution is -2.12. The zero-order valence-electron chi connectivity index (χ0n) is 10.3. The third kappa shape index (κ3) is 2.04. The zero-order chi connectivity index (χ0) is 13.2. The molecule has 3 nitrogen and oxygen atoms in total. The van der Waals surface area contributed by atoms with Crippen LogP contribution in [0.1, 0.15) is 17.2 Å². The van der Waals surface area contributed by atoms with Crippen LogP contribution in [0.5, 0.6) is 5.75 Å². The monoisotopic (exact) mass is 250 g/mol. The Balaban J connectivity index is 2.18. The van der Waals surface area contributed by atoms with Gasteiger partial charge in [-0.1, -0.05) is 36.4 Å². The summed E-state index contributed by atoms with van der Waals surface area (Å²) < 4.78 is 0. The number of pyridine rings is 1. The fraction of sp³-hybridized carbons (Fsp3) is 0.0625. The van der Waals surface area contributed by atoms with Gasteiger partial charge in [-0.05, 0) is 29.3 Å². The Hall–Kier alpha value is -2.39. The molecule has 1 unspecified atom stereocenters. The van der Waals surface area contributed by atoms with Crippen molar-refractivity contribution in [1.29, 1.82) is 0 Å². The standard InChI is InChI=1S/C16H14N2O/c17-15(11-5-2-1-3-6-11)13-8-9-14(19)12-7-4-10-18-16(12)13/h1-10,15,19H,17H2. The van der Waals surface area contributed by atoms with Crippen molar-refractivity contribution < 1.29 is 5.11 Å². The molecule has 1 heterocycles. The fourth-order valence-electron chi connectivity index (χ4n) is 2.27. The summed E-state index contributed by atoms with van der Waals surface area (Å²) in [6, 6.07) is 16.8. The van der Waals surface area contributed by atoms with Crippen LogP contribution < -0.4 is 5.73 Å². The Kier molecular flexibility index (Phi) is 2.89. The molecule has 3 heteroatoms. The zero-order valence-corrected chi connectivity index (χ0v) is 10.3. The summed E-state index contributed by atoms with van der Waals surface area (Å²) in [7, 11) is 0. The maximum absolute atomic E-state index is 9.87. The van der Waals surface area contributed by atoms with Gasteiger partial charge in [0.15, 0.2) is 0 Å². The first-order chi connectivity index (χ1) is 9.27. The summed E-state index contributed by atoms with van der Waals surface area (Å²) in [5.41, 5.74) is 9.00. The largest absolute Gasteiger partial charge is 0.507 e. The second kappa shape index (κ2) is 4.71. The lowest BCUT2D eigenvalue weighted by molar-refractivity contribution is 0.481. The molecule has 19 heavy (non-hydrogen) atoms. The van der Waals surface area contributed by atoms with Crippen molar-refractivity contribution in [3.05, 3.63) is 71.9 Å². The molecule has 0 spiro atoms. The summed E-state index contributed by atoms with van der Waals surface area (Å²) in [6.45, 7) is 0. The van der Waals surface area contributed by atoms with Crippen LogP contribution in [-0.4, -0.2) is 10.1 Å². The van der Waals surface area contributed by atoms with Crippen molar-refractivity contribution >= 4 is 10.9 Å². The van der Waals surface area contributed by atoms with Crippen LogP contribution in [0.2, 0.25) is 0 Å². The molecule has 0 aliphatic heterocycles. The third-order valence-electron chi connectivity index (χ3n) is 3.27. The molecule has 3 rings (SSSR count). The van der Waals surface area contributed by atoms with Gasteiger partial charge in [-0.3, -0.25) is 4.98 Å². The van der Waals surface area contributed by atoms with Gasteiger partial charge in [0.2, 0.25) is 0 Å². The van der Waals surface area contributed by atoms with Gasteiger partial charge in [0, 0.05) is 11.6 Å². The Morgan fingerprint density at radius 1 is 0.947 bits per heavy atom. The lowest BCUT2D eigenvalue weighted by atomic mass is 9.97. The highest BCUT2D eigenvalue weighted by Crippen LogP contribution is 2.30. The van der Waals surface area contributed by atoms with Crippen molar-refractivity contribution in [2.75, 3.05) is 0 Å². The van der Waals surface area contributed by atoms with Gasteiger partial charge < -0.3 is 10.8 Å². The first-order valence-electron chi connectivity index (χ1n) is 6.14. The maximum atomic E-state index is 9.87. The van der Waals surface area contributed by atoms with E-state index in [4.69, 9.17) is 5.73 Å². The van der Waals surface area contributed by atoms with Crippen LogP contribution in [0, 0.1) is 0 Å². The van der Waals surface area contributed by atoms with Crippen molar-refractivity contribution in [2.24, 2.45) is 5.73 Å². The number of hydrogen-bond acceptors (Lipinski definition) is 3. The Morgan fingerprint density at radius 3 is 2.53 bits per heavy atom. The Bertz CT molecular complexity index is 710. The molecular formula is C16H14N2O. The number of aromatic hydroxyl groups is 1. The molecule has 1 atom stereocenters. The Labute approximate surface area is 111 Å². The van der Waals surface area contributed by atoms with Crippen molar-refractivity contribution in [2.45, 2.75) is 6.04 Å². The van der Waals surface area contributed by atoms with Crippen molar-refractivity contribution in [1.82, 2.24) is 4.98 Å². The van der Waals surface area contributed by atoms with Crippen LogP contribution in [0.25, 0.3) is 10.9 Å². The van der Waals surface area contributed by atoms with E-state index in [1.807, 2.05) is 42.5 Å². The van der Waals surface area contributed by atoms with Gasteiger partial charge in [-0.25, -0.2) is 0 Å². The SMILES string of the molecule is NC(c1ccccc1)c1ccc(O)c2cccnc12. The number of aromatic nitrogens is 1. The maximum Gasteiger partial charge on any atom is 0.124 e. The second-order valence-corrected chi connectivity index (χ2v) is 4.46. The average Bonchev–Trinajstić information content (AvgIpc) is 2.48. The van der Waals surface area contributed by atoms with Crippen molar-refractivity contribution in [3.63, 3.8) is 0 Å². The Morgan fingerprint density at radius 2 is 1.74 bits per heavy atom. The third-order valence-corrected chi connectivity index (χ3v) is 3.27. The molecule has 0 aliphatic carbocycles. The van der Waals surface area contributed by atoms with E-state index < -0.39 is 0 Å². The predicted molar refractivity (Wildman–Crippen MR) is 75.9 cm³/mol. The molecule has 0 fully saturated rings. The minimum atomic E-state index is -0.251. The minimum Gasteiger partial charge on any atom is -0.507 e.